The number of amides is 1. The summed E-state index contributed by atoms with van der Waals surface area (Å²) in [4.78, 5) is 12.2. The quantitative estimate of drug-likeness (QED) is 0.893. The molecule has 2 N–H and O–H groups in total. The molecule has 1 aromatic carbocycles. The van der Waals surface area contributed by atoms with E-state index in [4.69, 9.17) is 4.42 Å². The van der Waals surface area contributed by atoms with Crippen molar-refractivity contribution in [1.82, 2.24) is 10.6 Å². The molecule has 100 valence electrons. The second-order valence-electron chi connectivity index (χ2n) is 4.76. The molecule has 3 rings (SSSR count). The van der Waals surface area contributed by atoms with Crippen LogP contribution in [0.15, 0.2) is 33.2 Å². The van der Waals surface area contributed by atoms with Crippen molar-refractivity contribution < 1.29 is 9.21 Å². The molecule has 1 fully saturated rings. The van der Waals surface area contributed by atoms with Gasteiger partial charge in [0.15, 0.2) is 5.76 Å². The molecule has 0 bridgehead atoms. The van der Waals surface area contributed by atoms with Gasteiger partial charge >= 0.3 is 0 Å². The van der Waals surface area contributed by atoms with Crippen LogP contribution in [0.2, 0.25) is 0 Å². The Morgan fingerprint density at radius 1 is 1.37 bits per heavy atom. The second kappa shape index (κ2) is 5.35. The second-order valence-corrected chi connectivity index (χ2v) is 5.61. The molecule has 0 spiro atoms. The lowest BCUT2D eigenvalue weighted by Crippen LogP contribution is -2.42. The lowest BCUT2D eigenvalue weighted by atomic mass is 10.1. The van der Waals surface area contributed by atoms with Gasteiger partial charge in [0.2, 0.25) is 0 Å². The van der Waals surface area contributed by atoms with E-state index < -0.39 is 0 Å². The Labute approximate surface area is 119 Å². The number of furan rings is 1. The zero-order chi connectivity index (χ0) is 13.2. The number of fused-ring (bicyclic) bond motifs is 1. The highest BCUT2D eigenvalue weighted by Gasteiger charge is 2.19. The molecule has 1 amide bonds. The van der Waals surface area contributed by atoms with Gasteiger partial charge in [-0.15, -0.1) is 0 Å². The minimum absolute atomic E-state index is 0.130. The van der Waals surface area contributed by atoms with Gasteiger partial charge in [-0.1, -0.05) is 22.0 Å². The van der Waals surface area contributed by atoms with E-state index in [0.717, 1.165) is 41.4 Å². The summed E-state index contributed by atoms with van der Waals surface area (Å²) < 4.78 is 6.53. The molecule has 2 heterocycles. The van der Waals surface area contributed by atoms with Crippen LogP contribution in [0.1, 0.15) is 23.4 Å². The monoisotopic (exact) mass is 322 g/mol. The van der Waals surface area contributed by atoms with E-state index in [1.54, 1.807) is 6.07 Å². The molecular formula is C14H15BrN2O2. The summed E-state index contributed by atoms with van der Waals surface area (Å²) in [6.07, 6.45) is 1.94. The number of carbonyl (C=O) groups is 1. The largest absolute Gasteiger partial charge is 0.451 e. The van der Waals surface area contributed by atoms with Gasteiger partial charge in [-0.2, -0.15) is 0 Å². The number of benzene rings is 1. The fourth-order valence-electron chi connectivity index (χ4n) is 2.36. The first-order chi connectivity index (χ1) is 9.24. The van der Waals surface area contributed by atoms with Gasteiger partial charge < -0.3 is 15.1 Å². The minimum Gasteiger partial charge on any atom is -0.451 e. The average Bonchev–Trinajstić information content (AvgIpc) is 2.85. The van der Waals surface area contributed by atoms with E-state index in [0.29, 0.717) is 5.76 Å². The van der Waals surface area contributed by atoms with Crippen LogP contribution in [0, 0.1) is 0 Å². The third kappa shape index (κ3) is 2.67. The first kappa shape index (κ1) is 12.7. The van der Waals surface area contributed by atoms with Gasteiger partial charge in [0.25, 0.3) is 5.91 Å². The standard InChI is InChI=1S/C14H15BrN2O2/c15-11-2-1-3-12-10(11)8-13(19-12)14(18)17-9-4-6-16-7-5-9/h1-3,8-9,16H,4-7H2,(H,17,18). The summed E-state index contributed by atoms with van der Waals surface area (Å²) in [5.74, 6) is 0.246. The van der Waals surface area contributed by atoms with E-state index in [9.17, 15) is 4.79 Å². The summed E-state index contributed by atoms with van der Waals surface area (Å²) in [6, 6.07) is 7.72. The SMILES string of the molecule is O=C(NC1CCNCC1)c1cc2c(Br)cccc2o1. The first-order valence-electron chi connectivity index (χ1n) is 6.44. The van der Waals surface area contributed by atoms with Crippen LogP contribution in [-0.2, 0) is 0 Å². The lowest BCUT2D eigenvalue weighted by Gasteiger charge is -2.23. The number of nitrogens with one attached hydrogen (secondary N) is 2. The summed E-state index contributed by atoms with van der Waals surface area (Å²) in [6.45, 7) is 1.91. The van der Waals surface area contributed by atoms with Crippen molar-refractivity contribution in [2.75, 3.05) is 13.1 Å². The highest BCUT2D eigenvalue weighted by molar-refractivity contribution is 9.10. The lowest BCUT2D eigenvalue weighted by molar-refractivity contribution is 0.0903. The van der Waals surface area contributed by atoms with Crippen LogP contribution in [0.4, 0.5) is 0 Å². The van der Waals surface area contributed by atoms with E-state index in [1.807, 2.05) is 18.2 Å². The van der Waals surface area contributed by atoms with Crippen LogP contribution in [0.5, 0.6) is 0 Å². The molecule has 4 nitrogen and oxygen atoms in total. The fourth-order valence-corrected chi connectivity index (χ4v) is 2.82. The van der Waals surface area contributed by atoms with Crippen molar-refractivity contribution in [2.24, 2.45) is 0 Å². The molecule has 1 aromatic heterocycles. The Hall–Kier alpha value is -1.33. The van der Waals surface area contributed by atoms with Gasteiger partial charge in [-0.3, -0.25) is 4.79 Å². The van der Waals surface area contributed by atoms with E-state index in [1.165, 1.54) is 0 Å². The molecule has 2 aromatic rings. The van der Waals surface area contributed by atoms with Crippen LogP contribution >= 0.6 is 15.9 Å². The van der Waals surface area contributed by atoms with Gasteiger partial charge in [-0.05, 0) is 44.1 Å². The molecule has 1 aliphatic rings. The summed E-state index contributed by atoms with van der Waals surface area (Å²) in [5.41, 5.74) is 0.727. The van der Waals surface area contributed by atoms with Crippen LogP contribution in [0.25, 0.3) is 11.0 Å². The summed E-state index contributed by atoms with van der Waals surface area (Å²) in [5, 5.41) is 7.23. The number of halogens is 1. The smallest absolute Gasteiger partial charge is 0.287 e. The molecule has 0 atom stereocenters. The summed E-state index contributed by atoms with van der Waals surface area (Å²) in [7, 11) is 0. The van der Waals surface area contributed by atoms with Gasteiger partial charge in [-0.25, -0.2) is 0 Å². The first-order valence-corrected chi connectivity index (χ1v) is 7.23. The Kier molecular flexibility index (Phi) is 3.57. The molecule has 0 aliphatic carbocycles. The fraction of sp³-hybridized carbons (Fsp3) is 0.357. The Balaban J connectivity index is 1.79. The molecule has 19 heavy (non-hydrogen) atoms. The topological polar surface area (TPSA) is 54.3 Å². The van der Waals surface area contributed by atoms with Crippen molar-refractivity contribution in [3.63, 3.8) is 0 Å². The van der Waals surface area contributed by atoms with Crippen molar-refractivity contribution in [3.8, 4) is 0 Å². The maximum absolute atomic E-state index is 12.2. The summed E-state index contributed by atoms with van der Waals surface area (Å²) >= 11 is 3.46. The third-order valence-corrected chi connectivity index (χ3v) is 4.10. The highest BCUT2D eigenvalue weighted by Crippen LogP contribution is 2.27. The van der Waals surface area contributed by atoms with Crippen molar-refractivity contribution in [2.45, 2.75) is 18.9 Å². The predicted molar refractivity (Wildman–Crippen MR) is 77.3 cm³/mol. The number of rotatable bonds is 2. The highest BCUT2D eigenvalue weighted by atomic mass is 79.9. The van der Waals surface area contributed by atoms with Crippen LogP contribution in [-0.4, -0.2) is 25.0 Å². The molecule has 0 unspecified atom stereocenters. The molecular weight excluding hydrogens is 308 g/mol. The normalized spacial score (nSPS) is 16.7. The zero-order valence-electron chi connectivity index (χ0n) is 10.4. The van der Waals surface area contributed by atoms with Crippen molar-refractivity contribution in [3.05, 3.63) is 34.5 Å². The van der Waals surface area contributed by atoms with Crippen molar-refractivity contribution >= 4 is 32.8 Å². The number of hydrogen-bond acceptors (Lipinski definition) is 3. The number of piperidine rings is 1. The minimum atomic E-state index is -0.130. The maximum Gasteiger partial charge on any atom is 0.287 e. The third-order valence-electron chi connectivity index (χ3n) is 3.41. The van der Waals surface area contributed by atoms with Gasteiger partial charge in [0.05, 0.1) is 0 Å². The Morgan fingerprint density at radius 3 is 2.89 bits per heavy atom. The number of hydrogen-bond donors (Lipinski definition) is 2. The van der Waals surface area contributed by atoms with E-state index >= 15 is 0 Å². The molecule has 5 heteroatoms. The maximum atomic E-state index is 12.2. The molecule has 1 saturated heterocycles. The van der Waals surface area contributed by atoms with Crippen LogP contribution < -0.4 is 10.6 Å². The van der Waals surface area contributed by atoms with E-state index in [-0.39, 0.29) is 11.9 Å². The number of carbonyl (C=O) groups excluding carboxylic acids is 1. The molecule has 0 saturated carbocycles. The average molecular weight is 323 g/mol. The molecule has 0 radical (unpaired) electrons. The zero-order valence-corrected chi connectivity index (χ0v) is 12.0. The molecule has 1 aliphatic heterocycles. The van der Waals surface area contributed by atoms with Crippen molar-refractivity contribution in [1.29, 1.82) is 0 Å². The Bertz CT molecular complexity index is 603. The Morgan fingerprint density at radius 2 is 2.16 bits per heavy atom. The van der Waals surface area contributed by atoms with Gasteiger partial charge in [0, 0.05) is 15.9 Å². The van der Waals surface area contributed by atoms with E-state index in [2.05, 4.69) is 26.6 Å². The predicted octanol–water partition coefficient (Wildman–Crippen LogP) is 2.68. The van der Waals surface area contributed by atoms with Crippen LogP contribution in [0.3, 0.4) is 0 Å². The van der Waals surface area contributed by atoms with Gasteiger partial charge in [0.1, 0.15) is 5.58 Å².